The normalized spacial score (nSPS) is 13.7. The van der Waals surface area contributed by atoms with Crippen molar-refractivity contribution >= 4 is 15.9 Å². The number of benzene rings is 1. The maximum atomic E-state index is 13.2. The van der Waals surface area contributed by atoms with Gasteiger partial charge in [-0.15, -0.1) is 0 Å². The van der Waals surface area contributed by atoms with Crippen LogP contribution in [0.2, 0.25) is 0 Å². The second-order valence-corrected chi connectivity index (χ2v) is 5.55. The van der Waals surface area contributed by atoms with Crippen LogP contribution in [0.4, 0.5) is 4.39 Å². The number of hydrazine groups is 1. The molecule has 1 aromatic rings. The Balaban J connectivity index is 2.89. The molecule has 0 fully saturated rings. The number of nitrogens with one attached hydrogen (secondary N) is 1. The van der Waals surface area contributed by atoms with Gasteiger partial charge in [-0.25, -0.2) is 4.39 Å². The fourth-order valence-corrected chi connectivity index (χ4v) is 2.31. The molecule has 0 radical (unpaired) electrons. The third kappa shape index (κ3) is 4.02. The smallest absolute Gasteiger partial charge is 0.123 e. The van der Waals surface area contributed by atoms with Crippen molar-refractivity contribution in [2.24, 2.45) is 5.84 Å². The lowest BCUT2D eigenvalue weighted by molar-refractivity contribution is -0.0381. The molecule has 0 aromatic heterocycles. The largest absolute Gasteiger partial charge is 0.374 e. The first kappa shape index (κ1) is 15.6. The van der Waals surface area contributed by atoms with Gasteiger partial charge in [0.25, 0.3) is 0 Å². The summed E-state index contributed by atoms with van der Waals surface area (Å²) in [5, 5.41) is 0. The zero-order valence-corrected chi connectivity index (χ0v) is 12.6. The average Bonchev–Trinajstić information content (AvgIpc) is 2.29. The summed E-state index contributed by atoms with van der Waals surface area (Å²) in [5.74, 6) is 5.33. The molecule has 0 aliphatic carbocycles. The van der Waals surface area contributed by atoms with E-state index in [-0.39, 0.29) is 11.9 Å². The lowest BCUT2D eigenvalue weighted by Crippen LogP contribution is -2.52. The van der Waals surface area contributed by atoms with Gasteiger partial charge in [0.15, 0.2) is 0 Å². The Morgan fingerprint density at radius 1 is 1.50 bits per heavy atom. The van der Waals surface area contributed by atoms with Crippen molar-refractivity contribution in [1.82, 2.24) is 5.43 Å². The summed E-state index contributed by atoms with van der Waals surface area (Å²) in [6, 6.07) is 4.53. The number of rotatable bonds is 6. The van der Waals surface area contributed by atoms with Crippen molar-refractivity contribution in [2.75, 3.05) is 6.61 Å². The van der Waals surface area contributed by atoms with Crippen LogP contribution in [-0.2, 0) is 11.2 Å². The van der Waals surface area contributed by atoms with E-state index in [4.69, 9.17) is 10.6 Å². The number of halogens is 2. The summed E-state index contributed by atoms with van der Waals surface area (Å²) in [6.45, 7) is 6.48. The zero-order valence-electron chi connectivity index (χ0n) is 11.0. The van der Waals surface area contributed by atoms with Gasteiger partial charge in [-0.05, 0) is 51.0 Å². The lowest BCUT2D eigenvalue weighted by Gasteiger charge is -2.34. The van der Waals surface area contributed by atoms with E-state index in [1.165, 1.54) is 12.1 Å². The van der Waals surface area contributed by atoms with Gasteiger partial charge in [0, 0.05) is 11.1 Å². The summed E-state index contributed by atoms with van der Waals surface area (Å²) in [5.41, 5.74) is 3.20. The van der Waals surface area contributed by atoms with Crippen LogP contribution in [0.1, 0.15) is 26.3 Å². The van der Waals surface area contributed by atoms with Gasteiger partial charge in [0.1, 0.15) is 5.82 Å². The highest BCUT2D eigenvalue weighted by molar-refractivity contribution is 9.10. The summed E-state index contributed by atoms with van der Waals surface area (Å²) in [7, 11) is 0. The number of ether oxygens (including phenoxy) is 1. The Hall–Kier alpha value is -0.490. The minimum atomic E-state index is -0.421. The van der Waals surface area contributed by atoms with Crippen molar-refractivity contribution in [3.05, 3.63) is 34.1 Å². The van der Waals surface area contributed by atoms with E-state index in [0.717, 1.165) is 10.0 Å². The molecule has 1 atom stereocenters. The summed E-state index contributed by atoms with van der Waals surface area (Å²) in [4.78, 5) is 0. The van der Waals surface area contributed by atoms with E-state index in [1.807, 2.05) is 20.8 Å². The molecule has 0 saturated carbocycles. The molecule has 18 heavy (non-hydrogen) atoms. The van der Waals surface area contributed by atoms with E-state index < -0.39 is 5.60 Å². The summed E-state index contributed by atoms with van der Waals surface area (Å²) < 4.78 is 19.8. The Bertz CT molecular complexity index is 399. The SMILES string of the molecule is CCOC(C)(C)C(Cc1cc(F)ccc1Br)NN. The fraction of sp³-hybridized carbons (Fsp3) is 0.538. The molecule has 1 aromatic carbocycles. The molecule has 0 bridgehead atoms. The standard InChI is InChI=1S/C13H20BrFN2O/c1-4-18-13(2,3)12(17-16)8-9-7-10(15)5-6-11(9)14/h5-7,12,17H,4,8,16H2,1-3H3. The molecule has 0 saturated heterocycles. The molecular formula is C13H20BrFN2O. The molecule has 102 valence electrons. The van der Waals surface area contributed by atoms with Gasteiger partial charge in [0.2, 0.25) is 0 Å². The van der Waals surface area contributed by atoms with Crippen LogP contribution in [-0.4, -0.2) is 18.2 Å². The third-order valence-corrected chi connectivity index (χ3v) is 3.76. The summed E-state index contributed by atoms with van der Waals surface area (Å²) >= 11 is 3.42. The molecule has 0 heterocycles. The molecule has 1 rings (SSSR count). The van der Waals surface area contributed by atoms with Gasteiger partial charge in [-0.3, -0.25) is 11.3 Å². The monoisotopic (exact) mass is 318 g/mol. The van der Waals surface area contributed by atoms with Crippen LogP contribution in [0, 0.1) is 5.82 Å². The maximum Gasteiger partial charge on any atom is 0.123 e. The van der Waals surface area contributed by atoms with Crippen molar-refractivity contribution in [3.63, 3.8) is 0 Å². The first-order chi connectivity index (χ1) is 8.40. The minimum absolute atomic E-state index is 0.101. The topological polar surface area (TPSA) is 47.3 Å². The second kappa shape index (κ2) is 6.61. The molecule has 1 unspecified atom stereocenters. The van der Waals surface area contributed by atoms with Crippen molar-refractivity contribution in [1.29, 1.82) is 0 Å². The third-order valence-electron chi connectivity index (χ3n) is 2.99. The van der Waals surface area contributed by atoms with Crippen LogP contribution in [0.3, 0.4) is 0 Å². The van der Waals surface area contributed by atoms with Crippen LogP contribution in [0.15, 0.2) is 22.7 Å². The lowest BCUT2D eigenvalue weighted by atomic mass is 9.92. The van der Waals surface area contributed by atoms with Gasteiger partial charge < -0.3 is 4.74 Å². The molecule has 3 nitrogen and oxygen atoms in total. The van der Waals surface area contributed by atoms with E-state index in [2.05, 4.69) is 21.4 Å². The second-order valence-electron chi connectivity index (χ2n) is 4.70. The fourth-order valence-electron chi connectivity index (χ4n) is 1.90. The van der Waals surface area contributed by atoms with Crippen molar-refractivity contribution in [2.45, 2.75) is 38.8 Å². The molecule has 3 N–H and O–H groups in total. The maximum absolute atomic E-state index is 13.2. The molecule has 0 aliphatic rings. The summed E-state index contributed by atoms with van der Waals surface area (Å²) in [6.07, 6.45) is 0.585. The molecule has 0 amide bonds. The van der Waals surface area contributed by atoms with Crippen LogP contribution in [0.5, 0.6) is 0 Å². The van der Waals surface area contributed by atoms with E-state index in [1.54, 1.807) is 6.07 Å². The van der Waals surface area contributed by atoms with Crippen LogP contribution in [0.25, 0.3) is 0 Å². The Labute approximate surface area is 116 Å². The highest BCUT2D eigenvalue weighted by atomic mass is 79.9. The Morgan fingerprint density at radius 2 is 2.17 bits per heavy atom. The van der Waals surface area contributed by atoms with E-state index in [9.17, 15) is 4.39 Å². The number of hydrogen-bond donors (Lipinski definition) is 2. The highest BCUT2D eigenvalue weighted by Gasteiger charge is 2.29. The minimum Gasteiger partial charge on any atom is -0.374 e. The Kier molecular flexibility index (Phi) is 5.72. The van der Waals surface area contributed by atoms with Gasteiger partial charge in [-0.2, -0.15) is 0 Å². The average molecular weight is 319 g/mol. The van der Waals surface area contributed by atoms with Crippen molar-refractivity contribution in [3.8, 4) is 0 Å². The molecule has 0 aliphatic heterocycles. The Morgan fingerprint density at radius 3 is 2.72 bits per heavy atom. The number of nitrogens with two attached hydrogens (primary N) is 1. The molecule has 5 heteroatoms. The van der Waals surface area contributed by atoms with E-state index >= 15 is 0 Å². The van der Waals surface area contributed by atoms with E-state index in [0.29, 0.717) is 13.0 Å². The van der Waals surface area contributed by atoms with Gasteiger partial charge in [0.05, 0.1) is 11.6 Å². The number of hydrogen-bond acceptors (Lipinski definition) is 3. The van der Waals surface area contributed by atoms with Gasteiger partial charge in [-0.1, -0.05) is 15.9 Å². The quantitative estimate of drug-likeness (QED) is 0.626. The molecular weight excluding hydrogens is 299 g/mol. The van der Waals surface area contributed by atoms with Crippen molar-refractivity contribution < 1.29 is 9.13 Å². The predicted molar refractivity (Wildman–Crippen MR) is 74.6 cm³/mol. The van der Waals surface area contributed by atoms with Gasteiger partial charge >= 0.3 is 0 Å². The zero-order chi connectivity index (χ0) is 13.8. The molecule has 0 spiro atoms. The van der Waals surface area contributed by atoms with Crippen LogP contribution < -0.4 is 11.3 Å². The predicted octanol–water partition coefficient (Wildman–Crippen LogP) is 2.78. The first-order valence-electron chi connectivity index (χ1n) is 5.94. The van der Waals surface area contributed by atoms with Crippen LogP contribution >= 0.6 is 15.9 Å². The highest BCUT2D eigenvalue weighted by Crippen LogP contribution is 2.24. The first-order valence-corrected chi connectivity index (χ1v) is 6.74.